The number of sulfonamides is 1. The molecule has 0 bridgehead atoms. The summed E-state index contributed by atoms with van der Waals surface area (Å²) in [5.41, 5.74) is 0.665. The molecule has 0 aliphatic heterocycles. The first kappa shape index (κ1) is 20.3. The number of carbonyl (C=O) groups is 1. The molecule has 2 aromatic heterocycles. The Kier molecular flexibility index (Phi) is 5.71. The highest BCUT2D eigenvalue weighted by molar-refractivity contribution is 7.89. The summed E-state index contributed by atoms with van der Waals surface area (Å²) in [6.07, 6.45) is 0. The van der Waals surface area contributed by atoms with Crippen LogP contribution < -0.4 is 9.94 Å². The fraction of sp³-hybridized carbons (Fsp3) is 0.200. The van der Waals surface area contributed by atoms with Crippen molar-refractivity contribution in [3.8, 4) is 0 Å². The molecule has 0 radical (unpaired) electrons. The summed E-state index contributed by atoms with van der Waals surface area (Å²) in [5.74, 6) is -0.623. The van der Waals surface area contributed by atoms with Gasteiger partial charge in [-0.25, -0.2) is 13.6 Å². The fourth-order valence-electron chi connectivity index (χ4n) is 2.40. The molecule has 28 heavy (non-hydrogen) atoms. The number of fused-ring (bicyclic) bond motifs is 1. The van der Waals surface area contributed by atoms with E-state index in [1.54, 1.807) is 10.6 Å². The minimum absolute atomic E-state index is 0.0492. The van der Waals surface area contributed by atoms with Crippen molar-refractivity contribution in [2.24, 2.45) is 10.1 Å². The van der Waals surface area contributed by atoms with E-state index in [-0.39, 0.29) is 14.8 Å². The van der Waals surface area contributed by atoms with E-state index < -0.39 is 20.9 Å². The molecule has 2 heterocycles. The molecular formula is C15H14N4O6S3. The standard InChI is InChI=1S/C15H14N4O6S3/c1-25-7-6-18-10-3-2-9(28(16,23)24)8-12(10)27-15(18)17-14(20)11-4-5-13(26-11)19(21)22/h2-5,8H,6-7H2,1H3,(H2,16,23,24). The molecule has 0 atom stereocenters. The summed E-state index contributed by atoms with van der Waals surface area (Å²) < 4.78 is 30.5. The fourth-order valence-corrected chi connectivity index (χ4v) is 4.81. The third kappa shape index (κ3) is 4.18. The first-order valence-electron chi connectivity index (χ1n) is 7.69. The Morgan fingerprint density at radius 1 is 1.32 bits per heavy atom. The summed E-state index contributed by atoms with van der Waals surface area (Å²) >= 11 is 1.85. The van der Waals surface area contributed by atoms with Crippen molar-refractivity contribution in [1.29, 1.82) is 0 Å². The summed E-state index contributed by atoms with van der Waals surface area (Å²) in [6.45, 7) is 0.719. The zero-order valence-corrected chi connectivity index (χ0v) is 16.8. The number of carbonyl (C=O) groups excluding carboxylic acids is 1. The van der Waals surface area contributed by atoms with E-state index >= 15 is 0 Å². The molecule has 0 aliphatic rings. The normalized spacial score (nSPS) is 12.6. The number of hydrogen-bond donors (Lipinski definition) is 1. The SMILES string of the molecule is COCCn1c(=NC(=O)c2ccc([N+](=O)[O-])s2)sc2cc(S(N)(=O)=O)ccc21. The largest absolute Gasteiger partial charge is 0.383 e. The van der Waals surface area contributed by atoms with Crippen molar-refractivity contribution < 1.29 is 22.9 Å². The molecule has 0 fully saturated rings. The third-order valence-electron chi connectivity index (χ3n) is 3.68. The van der Waals surface area contributed by atoms with Gasteiger partial charge in [0.1, 0.15) is 4.88 Å². The van der Waals surface area contributed by atoms with Crippen LogP contribution in [0.3, 0.4) is 0 Å². The summed E-state index contributed by atoms with van der Waals surface area (Å²) in [7, 11) is -2.34. The topological polar surface area (TPSA) is 147 Å². The maximum absolute atomic E-state index is 12.4. The molecule has 0 saturated carbocycles. The molecule has 10 nitrogen and oxygen atoms in total. The second kappa shape index (κ2) is 7.89. The Balaban J connectivity index is 2.12. The van der Waals surface area contributed by atoms with Gasteiger partial charge in [0.2, 0.25) is 10.0 Å². The predicted octanol–water partition coefficient (Wildman–Crippen LogP) is 1.71. The van der Waals surface area contributed by atoms with Gasteiger partial charge in [-0.05, 0) is 24.3 Å². The van der Waals surface area contributed by atoms with Gasteiger partial charge in [0.25, 0.3) is 5.91 Å². The quantitative estimate of drug-likeness (QED) is 0.454. The van der Waals surface area contributed by atoms with Gasteiger partial charge >= 0.3 is 5.00 Å². The van der Waals surface area contributed by atoms with Crippen molar-refractivity contribution >= 4 is 53.8 Å². The van der Waals surface area contributed by atoms with Crippen LogP contribution in [0, 0.1) is 10.1 Å². The number of amides is 1. The van der Waals surface area contributed by atoms with Gasteiger partial charge in [-0.3, -0.25) is 14.9 Å². The molecule has 2 N–H and O–H groups in total. The highest BCUT2D eigenvalue weighted by atomic mass is 32.2. The minimum Gasteiger partial charge on any atom is -0.383 e. The summed E-state index contributed by atoms with van der Waals surface area (Å²) in [6, 6.07) is 6.97. The van der Waals surface area contributed by atoms with Crippen molar-refractivity contribution in [3.05, 3.63) is 50.1 Å². The molecular weight excluding hydrogens is 428 g/mol. The highest BCUT2D eigenvalue weighted by Gasteiger charge is 2.17. The zero-order chi connectivity index (χ0) is 20.5. The number of benzene rings is 1. The smallest absolute Gasteiger partial charge is 0.324 e. The maximum Gasteiger partial charge on any atom is 0.324 e. The first-order chi connectivity index (χ1) is 13.2. The van der Waals surface area contributed by atoms with Crippen LogP contribution >= 0.6 is 22.7 Å². The zero-order valence-electron chi connectivity index (χ0n) is 14.4. The summed E-state index contributed by atoms with van der Waals surface area (Å²) in [5, 5.41) is 15.8. The van der Waals surface area contributed by atoms with Crippen LogP contribution in [0.2, 0.25) is 0 Å². The number of nitrogens with zero attached hydrogens (tertiary/aromatic N) is 3. The van der Waals surface area contributed by atoms with Crippen molar-refractivity contribution in [1.82, 2.24) is 4.57 Å². The average molecular weight is 443 g/mol. The Labute approximate surface area is 166 Å². The van der Waals surface area contributed by atoms with Crippen LogP contribution in [0.25, 0.3) is 10.2 Å². The number of rotatable bonds is 6. The number of primary sulfonamides is 1. The molecule has 0 unspecified atom stereocenters. The van der Waals surface area contributed by atoms with Gasteiger partial charge in [-0.1, -0.05) is 22.7 Å². The van der Waals surface area contributed by atoms with Crippen LogP contribution in [0.1, 0.15) is 9.67 Å². The number of methoxy groups -OCH3 is 1. The van der Waals surface area contributed by atoms with E-state index in [1.807, 2.05) is 0 Å². The molecule has 13 heteroatoms. The molecule has 0 aliphatic carbocycles. The molecule has 1 amide bonds. The van der Waals surface area contributed by atoms with Gasteiger partial charge < -0.3 is 9.30 Å². The molecule has 148 valence electrons. The first-order valence-corrected chi connectivity index (χ1v) is 10.9. The van der Waals surface area contributed by atoms with Gasteiger partial charge in [0, 0.05) is 19.7 Å². The second-order valence-electron chi connectivity index (χ2n) is 5.52. The van der Waals surface area contributed by atoms with Gasteiger partial charge in [0.05, 0.1) is 26.6 Å². The number of ether oxygens (including phenoxy) is 1. The van der Waals surface area contributed by atoms with E-state index in [4.69, 9.17) is 9.88 Å². The average Bonchev–Trinajstić information content (AvgIpc) is 3.24. The lowest BCUT2D eigenvalue weighted by Gasteiger charge is -2.04. The lowest BCUT2D eigenvalue weighted by molar-refractivity contribution is -0.380. The van der Waals surface area contributed by atoms with Crippen LogP contribution in [0.4, 0.5) is 5.00 Å². The Hall–Kier alpha value is -2.45. The summed E-state index contributed by atoms with van der Waals surface area (Å²) in [4.78, 5) is 27.1. The number of thiophene rings is 1. The molecule has 0 saturated heterocycles. The lowest BCUT2D eigenvalue weighted by Crippen LogP contribution is -2.19. The highest BCUT2D eigenvalue weighted by Crippen LogP contribution is 2.25. The van der Waals surface area contributed by atoms with Gasteiger partial charge in [-0.2, -0.15) is 4.99 Å². The van der Waals surface area contributed by atoms with E-state index in [2.05, 4.69) is 4.99 Å². The van der Waals surface area contributed by atoms with Crippen molar-refractivity contribution in [2.75, 3.05) is 13.7 Å². The number of hydrogen-bond acceptors (Lipinski definition) is 8. The Morgan fingerprint density at radius 2 is 2.07 bits per heavy atom. The molecule has 1 aromatic carbocycles. The third-order valence-corrected chi connectivity index (χ3v) is 6.66. The van der Waals surface area contributed by atoms with Crippen LogP contribution in [-0.2, 0) is 21.3 Å². The number of aromatic nitrogens is 1. The Morgan fingerprint density at radius 3 is 2.68 bits per heavy atom. The van der Waals surface area contributed by atoms with Gasteiger partial charge in [-0.15, -0.1) is 0 Å². The van der Waals surface area contributed by atoms with Crippen LogP contribution in [-0.4, -0.2) is 37.5 Å². The van der Waals surface area contributed by atoms with Crippen molar-refractivity contribution in [3.63, 3.8) is 0 Å². The lowest BCUT2D eigenvalue weighted by atomic mass is 10.3. The maximum atomic E-state index is 12.4. The minimum atomic E-state index is -3.87. The van der Waals surface area contributed by atoms with Crippen molar-refractivity contribution in [2.45, 2.75) is 11.4 Å². The van der Waals surface area contributed by atoms with Crippen LogP contribution in [0.5, 0.6) is 0 Å². The van der Waals surface area contributed by atoms with E-state index in [9.17, 15) is 23.3 Å². The van der Waals surface area contributed by atoms with Gasteiger partial charge in [0.15, 0.2) is 4.80 Å². The van der Waals surface area contributed by atoms with E-state index in [1.165, 1.54) is 31.4 Å². The Bertz CT molecular complexity index is 1240. The number of nitro groups is 1. The number of thiazole rings is 1. The van der Waals surface area contributed by atoms with E-state index in [0.717, 1.165) is 22.7 Å². The second-order valence-corrected chi connectivity index (χ2v) is 9.15. The predicted molar refractivity (Wildman–Crippen MR) is 104 cm³/mol. The number of nitrogens with two attached hydrogens (primary N) is 1. The van der Waals surface area contributed by atoms with E-state index in [0.29, 0.717) is 28.2 Å². The monoisotopic (exact) mass is 442 g/mol. The molecule has 3 rings (SSSR count). The molecule has 3 aromatic rings. The van der Waals surface area contributed by atoms with Crippen LogP contribution in [0.15, 0.2) is 40.2 Å². The molecule has 0 spiro atoms.